The average Bonchev–Trinajstić information content (AvgIpc) is 3.09. The molecule has 0 aromatic carbocycles. The third kappa shape index (κ3) is 36.2. The Hall–Kier alpha value is -1.59. The van der Waals surface area contributed by atoms with E-state index in [2.05, 4.69) is 34.6 Å². The summed E-state index contributed by atoms with van der Waals surface area (Å²) < 4.78 is 16.7. The smallest absolute Gasteiger partial charge is 0.306 e. The second-order valence-corrected chi connectivity index (χ2v) is 15.7. The van der Waals surface area contributed by atoms with E-state index >= 15 is 0 Å². The maximum absolute atomic E-state index is 12.6. The summed E-state index contributed by atoms with van der Waals surface area (Å²) in [5.74, 6) is 0.705. The molecule has 0 aliphatic carbocycles. The number of ether oxygens (including phenoxy) is 3. The van der Waals surface area contributed by atoms with Gasteiger partial charge in [-0.1, -0.05) is 195 Å². The lowest BCUT2D eigenvalue weighted by Gasteiger charge is -2.18. The van der Waals surface area contributed by atoms with Crippen molar-refractivity contribution in [1.29, 1.82) is 0 Å². The van der Waals surface area contributed by atoms with Crippen LogP contribution >= 0.6 is 0 Å². The number of unbranched alkanes of at least 4 members (excludes halogenated alkanes) is 22. The van der Waals surface area contributed by atoms with E-state index in [1.807, 2.05) is 0 Å². The summed E-state index contributed by atoms with van der Waals surface area (Å²) in [6.45, 7) is 11.2. The minimum absolute atomic E-state index is 0.0666. The van der Waals surface area contributed by atoms with Gasteiger partial charge in [-0.05, 0) is 31.1 Å². The van der Waals surface area contributed by atoms with Gasteiger partial charge in [0.1, 0.15) is 13.2 Å². The van der Waals surface area contributed by atoms with Crippen molar-refractivity contribution in [3.63, 3.8) is 0 Å². The Morgan fingerprint density at radius 1 is 0.420 bits per heavy atom. The summed E-state index contributed by atoms with van der Waals surface area (Å²) in [6, 6.07) is 0. The van der Waals surface area contributed by atoms with Crippen LogP contribution < -0.4 is 0 Å². The second kappa shape index (κ2) is 37.2. The Bertz CT molecular complexity index is 766. The highest BCUT2D eigenvalue weighted by Crippen LogP contribution is 2.16. The van der Waals surface area contributed by atoms with Crippen molar-refractivity contribution in [2.45, 2.75) is 240 Å². The molecule has 0 spiro atoms. The first-order valence-electron chi connectivity index (χ1n) is 21.8. The normalized spacial score (nSPS) is 12.6. The molecule has 0 amide bonds. The highest BCUT2D eigenvalue weighted by Gasteiger charge is 2.19. The summed E-state index contributed by atoms with van der Waals surface area (Å²) in [5.41, 5.74) is 0. The summed E-state index contributed by atoms with van der Waals surface area (Å²) >= 11 is 0. The molecule has 0 aliphatic rings. The number of carbonyl (C=O) groups excluding carboxylic acids is 3. The van der Waals surface area contributed by atoms with Gasteiger partial charge in [-0.25, -0.2) is 0 Å². The van der Waals surface area contributed by atoms with E-state index in [9.17, 15) is 14.4 Å². The van der Waals surface area contributed by atoms with Gasteiger partial charge in [0.2, 0.25) is 0 Å². The first-order chi connectivity index (χ1) is 24.3. The maximum atomic E-state index is 12.6. The lowest BCUT2D eigenvalue weighted by Crippen LogP contribution is -2.30. The van der Waals surface area contributed by atoms with Gasteiger partial charge in [0.05, 0.1) is 0 Å². The van der Waals surface area contributed by atoms with Gasteiger partial charge >= 0.3 is 17.9 Å². The summed E-state index contributed by atoms with van der Waals surface area (Å²) in [5, 5.41) is 0. The number of rotatable bonds is 38. The molecule has 50 heavy (non-hydrogen) atoms. The monoisotopic (exact) mass is 709 g/mol. The van der Waals surface area contributed by atoms with Crippen molar-refractivity contribution in [2.75, 3.05) is 13.2 Å². The molecular weight excluding hydrogens is 624 g/mol. The van der Waals surface area contributed by atoms with E-state index in [1.165, 1.54) is 122 Å². The van der Waals surface area contributed by atoms with Crippen LogP contribution in [0.3, 0.4) is 0 Å². The van der Waals surface area contributed by atoms with Gasteiger partial charge in [0.15, 0.2) is 6.10 Å². The van der Waals surface area contributed by atoms with Crippen LogP contribution in [0.25, 0.3) is 0 Å². The van der Waals surface area contributed by atoms with Crippen molar-refractivity contribution in [3.05, 3.63) is 0 Å². The first-order valence-corrected chi connectivity index (χ1v) is 21.8. The number of hydrogen-bond donors (Lipinski definition) is 0. The predicted octanol–water partition coefficient (Wildman–Crippen LogP) is 13.4. The van der Waals surface area contributed by atoms with Gasteiger partial charge in [-0.3, -0.25) is 14.4 Å². The Morgan fingerprint density at radius 3 is 1.14 bits per heavy atom. The third-order valence-corrected chi connectivity index (χ3v) is 10.1. The Morgan fingerprint density at radius 2 is 0.760 bits per heavy atom. The number of carbonyl (C=O) groups is 3. The van der Waals surface area contributed by atoms with E-state index in [4.69, 9.17) is 14.2 Å². The fourth-order valence-corrected chi connectivity index (χ4v) is 6.37. The molecule has 0 saturated heterocycles. The van der Waals surface area contributed by atoms with Crippen LogP contribution in [0.15, 0.2) is 0 Å². The predicted molar refractivity (Wildman–Crippen MR) is 210 cm³/mol. The quantitative estimate of drug-likeness (QED) is 0.0361. The molecule has 0 heterocycles. The molecule has 0 aromatic heterocycles. The fourth-order valence-electron chi connectivity index (χ4n) is 6.37. The minimum atomic E-state index is -0.761. The number of hydrogen-bond acceptors (Lipinski definition) is 6. The lowest BCUT2D eigenvalue weighted by atomic mass is 10.00. The van der Waals surface area contributed by atoms with Gasteiger partial charge in [0, 0.05) is 19.3 Å². The molecule has 0 rings (SSSR count). The highest BCUT2D eigenvalue weighted by atomic mass is 16.6. The molecular formula is C44H84O6. The largest absolute Gasteiger partial charge is 0.462 e. The van der Waals surface area contributed by atoms with Crippen molar-refractivity contribution in [1.82, 2.24) is 0 Å². The molecule has 1 unspecified atom stereocenters. The Kier molecular flexibility index (Phi) is 36.0. The summed E-state index contributed by atoms with van der Waals surface area (Å²) in [6.07, 6.45) is 33.9. The van der Waals surface area contributed by atoms with Crippen LogP contribution in [0.5, 0.6) is 0 Å². The Balaban J connectivity index is 4.33. The SMILES string of the molecule is CCCCCCCCCCCCCCCC(=O)OC[C@@H](COC(=O)CCCCCCCCC(C)C)OC(=O)CCCCCCCCC(C)CC. The standard InChI is InChI=1S/C44H84O6/c1-6-8-9-10-11-12-13-14-15-16-17-24-29-34-42(45)48-37-41(38-49-43(46)35-30-25-20-18-22-27-32-39(3)4)50-44(47)36-31-26-21-19-23-28-33-40(5)7-2/h39-41H,6-38H2,1-5H3/t40?,41-/m0/s1. The van der Waals surface area contributed by atoms with Gasteiger partial charge in [0.25, 0.3) is 0 Å². The average molecular weight is 709 g/mol. The van der Waals surface area contributed by atoms with E-state index in [0.717, 1.165) is 69.6 Å². The van der Waals surface area contributed by atoms with Crippen molar-refractivity contribution in [3.8, 4) is 0 Å². The zero-order valence-electron chi connectivity index (χ0n) is 34.0. The molecule has 2 atom stereocenters. The van der Waals surface area contributed by atoms with Crippen LogP contribution in [0.2, 0.25) is 0 Å². The Labute approximate surface area is 310 Å². The molecule has 0 saturated carbocycles. The lowest BCUT2D eigenvalue weighted by molar-refractivity contribution is -0.167. The van der Waals surface area contributed by atoms with Crippen molar-refractivity contribution in [2.24, 2.45) is 11.8 Å². The van der Waals surface area contributed by atoms with Gasteiger partial charge in [-0.2, -0.15) is 0 Å². The number of esters is 3. The van der Waals surface area contributed by atoms with E-state index in [0.29, 0.717) is 19.3 Å². The second-order valence-electron chi connectivity index (χ2n) is 15.7. The van der Waals surface area contributed by atoms with Crippen LogP contribution in [-0.2, 0) is 28.6 Å². The van der Waals surface area contributed by atoms with Crippen LogP contribution in [-0.4, -0.2) is 37.2 Å². The van der Waals surface area contributed by atoms with Crippen LogP contribution in [0.4, 0.5) is 0 Å². The molecule has 0 fully saturated rings. The summed E-state index contributed by atoms with van der Waals surface area (Å²) in [7, 11) is 0. The minimum Gasteiger partial charge on any atom is -0.462 e. The maximum Gasteiger partial charge on any atom is 0.306 e. The fraction of sp³-hybridized carbons (Fsp3) is 0.932. The molecule has 0 N–H and O–H groups in total. The molecule has 0 aliphatic heterocycles. The van der Waals surface area contributed by atoms with Crippen molar-refractivity contribution >= 4 is 17.9 Å². The van der Waals surface area contributed by atoms with E-state index in [-0.39, 0.29) is 31.1 Å². The van der Waals surface area contributed by atoms with E-state index in [1.54, 1.807) is 0 Å². The zero-order valence-corrected chi connectivity index (χ0v) is 34.0. The molecule has 296 valence electrons. The van der Waals surface area contributed by atoms with Gasteiger partial charge < -0.3 is 14.2 Å². The van der Waals surface area contributed by atoms with Gasteiger partial charge in [-0.15, -0.1) is 0 Å². The molecule has 0 radical (unpaired) electrons. The molecule has 0 aromatic rings. The van der Waals surface area contributed by atoms with E-state index < -0.39 is 6.10 Å². The molecule has 6 nitrogen and oxygen atoms in total. The summed E-state index contributed by atoms with van der Waals surface area (Å²) in [4.78, 5) is 37.6. The highest BCUT2D eigenvalue weighted by molar-refractivity contribution is 5.71. The zero-order chi connectivity index (χ0) is 36.9. The van der Waals surface area contributed by atoms with Crippen LogP contribution in [0.1, 0.15) is 234 Å². The van der Waals surface area contributed by atoms with Crippen molar-refractivity contribution < 1.29 is 28.6 Å². The topological polar surface area (TPSA) is 78.9 Å². The first kappa shape index (κ1) is 48.4. The molecule has 6 heteroatoms. The molecule has 0 bridgehead atoms. The van der Waals surface area contributed by atoms with Crippen LogP contribution in [0, 0.1) is 11.8 Å². The third-order valence-electron chi connectivity index (χ3n) is 10.1.